The maximum atomic E-state index is 13.2. The summed E-state index contributed by atoms with van der Waals surface area (Å²) in [5.41, 5.74) is 2.03. The lowest BCUT2D eigenvalue weighted by molar-refractivity contribution is -0.138. The lowest BCUT2D eigenvalue weighted by Gasteiger charge is -2.13. The van der Waals surface area contributed by atoms with Gasteiger partial charge in [-0.2, -0.15) is 23.5 Å². The number of rotatable bonds is 7. The first-order valence-electron chi connectivity index (χ1n) is 10.3. The molecule has 0 radical (unpaired) electrons. The van der Waals surface area contributed by atoms with Crippen LogP contribution in [0.5, 0.6) is 11.5 Å². The first-order chi connectivity index (χ1) is 17.1. The summed E-state index contributed by atoms with van der Waals surface area (Å²) in [6.45, 7) is 0. The van der Waals surface area contributed by atoms with Crippen molar-refractivity contribution in [3.05, 3.63) is 88.5 Å². The quantitative estimate of drug-likeness (QED) is 0.334. The molecule has 8 nitrogen and oxygen atoms in total. The number of hydrogen-bond donors (Lipinski definition) is 3. The van der Waals surface area contributed by atoms with Crippen LogP contribution in [0.15, 0.2) is 65.8 Å². The molecule has 0 aromatic heterocycles. The van der Waals surface area contributed by atoms with Gasteiger partial charge in [0, 0.05) is 22.9 Å². The Balaban J connectivity index is 1.67. The highest BCUT2D eigenvalue weighted by Gasteiger charge is 2.33. The van der Waals surface area contributed by atoms with Crippen LogP contribution in [0.4, 0.5) is 18.9 Å². The van der Waals surface area contributed by atoms with Crippen molar-refractivity contribution in [1.29, 1.82) is 5.26 Å². The van der Waals surface area contributed by atoms with E-state index in [1.807, 2.05) is 0 Å². The Kier molecular flexibility index (Phi) is 7.91. The Hall–Kier alpha value is -4.85. The molecule has 0 unspecified atom stereocenters. The van der Waals surface area contributed by atoms with Gasteiger partial charge in [-0.25, -0.2) is 5.43 Å². The molecule has 184 valence electrons. The number of benzene rings is 3. The number of nitriles is 1. The van der Waals surface area contributed by atoms with Crippen molar-refractivity contribution in [3.8, 4) is 17.6 Å². The number of phenolic OH excluding ortho intramolecular Hbond substituents is 1. The molecule has 0 heterocycles. The van der Waals surface area contributed by atoms with Gasteiger partial charge in [-0.1, -0.05) is 18.2 Å². The number of carbonyl (C=O) groups is 2. The molecule has 0 saturated carbocycles. The molecule has 0 atom stereocenters. The van der Waals surface area contributed by atoms with Gasteiger partial charge < -0.3 is 15.2 Å². The monoisotopic (exact) mass is 496 g/mol. The summed E-state index contributed by atoms with van der Waals surface area (Å²) >= 11 is 0. The summed E-state index contributed by atoms with van der Waals surface area (Å²) in [7, 11) is 1.37. The third-order valence-corrected chi connectivity index (χ3v) is 4.94. The van der Waals surface area contributed by atoms with Gasteiger partial charge in [-0.05, 0) is 42.0 Å². The normalized spacial score (nSPS) is 11.1. The fraction of sp³-hybridized carbons (Fsp3) is 0.120. The lowest BCUT2D eigenvalue weighted by atomic mass is 10.0. The van der Waals surface area contributed by atoms with Crippen LogP contribution in [-0.2, 0) is 17.4 Å². The van der Waals surface area contributed by atoms with E-state index in [-0.39, 0.29) is 33.9 Å². The van der Waals surface area contributed by atoms with Gasteiger partial charge in [0.15, 0.2) is 0 Å². The number of halogens is 3. The largest absolute Gasteiger partial charge is 0.507 e. The van der Waals surface area contributed by atoms with Crippen LogP contribution in [0, 0.1) is 11.3 Å². The minimum atomic E-state index is -4.57. The molecule has 0 spiro atoms. The molecule has 11 heteroatoms. The second-order valence-corrected chi connectivity index (χ2v) is 7.38. The number of nitrogens with one attached hydrogen (secondary N) is 2. The third-order valence-electron chi connectivity index (χ3n) is 4.94. The Bertz CT molecular complexity index is 1360. The average molecular weight is 496 g/mol. The van der Waals surface area contributed by atoms with Gasteiger partial charge in [-0.3, -0.25) is 9.59 Å². The first kappa shape index (κ1) is 25.8. The number of anilines is 1. The number of amides is 2. The average Bonchev–Trinajstić information content (AvgIpc) is 2.84. The number of nitrogens with zero attached hydrogens (tertiary/aromatic N) is 2. The second kappa shape index (κ2) is 11.1. The Morgan fingerprint density at radius 2 is 1.89 bits per heavy atom. The summed E-state index contributed by atoms with van der Waals surface area (Å²) in [5.74, 6) is -1.24. The zero-order valence-electron chi connectivity index (χ0n) is 18.8. The van der Waals surface area contributed by atoms with E-state index >= 15 is 0 Å². The number of hydrogen-bond acceptors (Lipinski definition) is 6. The predicted octanol–water partition coefficient (Wildman–Crippen LogP) is 4.24. The minimum absolute atomic E-state index is 0.0622. The van der Waals surface area contributed by atoms with Crippen LogP contribution in [-0.4, -0.2) is 30.2 Å². The van der Waals surface area contributed by atoms with Crippen molar-refractivity contribution in [1.82, 2.24) is 5.43 Å². The Labute approximate surface area is 203 Å². The van der Waals surface area contributed by atoms with Crippen molar-refractivity contribution < 1.29 is 32.6 Å². The van der Waals surface area contributed by atoms with Crippen LogP contribution in [0.3, 0.4) is 0 Å². The first-order valence-corrected chi connectivity index (χ1v) is 10.3. The number of aromatic hydroxyl groups is 1. The van der Waals surface area contributed by atoms with Crippen LogP contribution in [0.2, 0.25) is 0 Å². The molecule has 0 saturated heterocycles. The number of hydrazone groups is 1. The molecule has 3 rings (SSSR count). The van der Waals surface area contributed by atoms with Gasteiger partial charge in [0.05, 0.1) is 30.9 Å². The van der Waals surface area contributed by atoms with Crippen molar-refractivity contribution in [2.24, 2.45) is 5.10 Å². The molecular formula is C25H19F3N4O4. The fourth-order valence-electron chi connectivity index (χ4n) is 3.22. The SMILES string of the molecule is COc1cc(NC(=O)Cc2ccccc2C(F)(F)F)ccc1/C=N/NC(=O)c1ccc(O)c(C#N)c1. The number of phenols is 1. The highest BCUT2D eigenvalue weighted by molar-refractivity contribution is 5.96. The summed E-state index contributed by atoms with van der Waals surface area (Å²) in [4.78, 5) is 24.6. The summed E-state index contributed by atoms with van der Waals surface area (Å²) in [6, 6.07) is 14.9. The minimum Gasteiger partial charge on any atom is -0.507 e. The van der Waals surface area contributed by atoms with E-state index in [4.69, 9.17) is 10.00 Å². The summed E-state index contributed by atoms with van der Waals surface area (Å²) < 4.78 is 44.7. The molecule has 0 fully saturated rings. The molecule has 0 aliphatic heterocycles. The molecule has 3 aromatic rings. The highest BCUT2D eigenvalue weighted by Crippen LogP contribution is 2.32. The van der Waals surface area contributed by atoms with E-state index < -0.39 is 30.0 Å². The van der Waals surface area contributed by atoms with Crippen molar-refractivity contribution in [2.45, 2.75) is 12.6 Å². The molecule has 0 bridgehead atoms. The molecule has 2 amide bonds. The van der Waals surface area contributed by atoms with Gasteiger partial charge in [0.1, 0.15) is 17.6 Å². The Morgan fingerprint density at radius 3 is 2.58 bits per heavy atom. The van der Waals surface area contributed by atoms with E-state index in [0.29, 0.717) is 5.56 Å². The molecule has 3 aromatic carbocycles. The van der Waals surface area contributed by atoms with Crippen molar-refractivity contribution in [3.63, 3.8) is 0 Å². The van der Waals surface area contributed by atoms with E-state index in [2.05, 4.69) is 15.8 Å². The van der Waals surface area contributed by atoms with E-state index in [1.54, 1.807) is 6.07 Å². The third kappa shape index (κ3) is 6.38. The van der Waals surface area contributed by atoms with Crippen LogP contribution >= 0.6 is 0 Å². The predicted molar refractivity (Wildman–Crippen MR) is 125 cm³/mol. The molecule has 3 N–H and O–H groups in total. The zero-order chi connectivity index (χ0) is 26.3. The molecular weight excluding hydrogens is 477 g/mol. The summed E-state index contributed by atoms with van der Waals surface area (Å²) in [6.07, 6.45) is -3.76. The van der Waals surface area contributed by atoms with Crippen LogP contribution in [0.25, 0.3) is 0 Å². The maximum absolute atomic E-state index is 13.2. The van der Waals surface area contributed by atoms with Crippen molar-refractivity contribution >= 4 is 23.7 Å². The zero-order valence-corrected chi connectivity index (χ0v) is 18.8. The summed E-state index contributed by atoms with van der Waals surface area (Å²) in [5, 5.41) is 24.8. The topological polar surface area (TPSA) is 124 Å². The standard InChI is InChI=1S/C25H19F3N4O4/c1-36-22-12-19(31-23(34)11-15-4-2-3-5-20(15)25(26,27)28)8-6-17(22)14-30-32-24(35)16-7-9-21(33)18(10-16)13-29/h2-10,12,14,33H,11H2,1H3,(H,31,34)(H,32,35)/b30-14+. The number of methoxy groups -OCH3 is 1. The molecule has 0 aliphatic carbocycles. The smallest absolute Gasteiger partial charge is 0.416 e. The van der Waals surface area contributed by atoms with Gasteiger partial charge in [0.2, 0.25) is 5.91 Å². The van der Waals surface area contributed by atoms with E-state index in [0.717, 1.165) is 6.07 Å². The molecule has 0 aliphatic rings. The maximum Gasteiger partial charge on any atom is 0.416 e. The number of carbonyl (C=O) groups excluding carboxylic acids is 2. The lowest BCUT2D eigenvalue weighted by Crippen LogP contribution is -2.18. The fourth-order valence-corrected chi connectivity index (χ4v) is 3.22. The number of ether oxygens (including phenoxy) is 1. The molecule has 36 heavy (non-hydrogen) atoms. The van der Waals surface area contributed by atoms with Crippen LogP contribution in [0.1, 0.15) is 32.6 Å². The van der Waals surface area contributed by atoms with E-state index in [1.165, 1.54) is 67.9 Å². The highest BCUT2D eigenvalue weighted by atomic mass is 19.4. The van der Waals surface area contributed by atoms with Gasteiger partial charge >= 0.3 is 6.18 Å². The second-order valence-electron chi connectivity index (χ2n) is 7.38. The van der Waals surface area contributed by atoms with Crippen LogP contribution < -0.4 is 15.5 Å². The number of alkyl halides is 3. The van der Waals surface area contributed by atoms with Gasteiger partial charge in [0.25, 0.3) is 5.91 Å². The van der Waals surface area contributed by atoms with Crippen molar-refractivity contribution in [2.75, 3.05) is 12.4 Å². The van der Waals surface area contributed by atoms with Gasteiger partial charge in [-0.15, -0.1) is 0 Å². The van der Waals surface area contributed by atoms with E-state index in [9.17, 15) is 27.9 Å². The Morgan fingerprint density at radius 1 is 1.14 bits per heavy atom.